The van der Waals surface area contributed by atoms with E-state index in [2.05, 4.69) is 40.6 Å². The maximum Gasteiger partial charge on any atom is 0.171 e. The van der Waals surface area contributed by atoms with Crippen LogP contribution >= 0.6 is 11.3 Å². The van der Waals surface area contributed by atoms with Crippen LogP contribution in [0.25, 0.3) is 0 Å². The highest BCUT2D eigenvalue weighted by Gasteiger charge is 2.24. The average Bonchev–Trinajstić information content (AvgIpc) is 2.92. The van der Waals surface area contributed by atoms with Crippen molar-refractivity contribution in [2.24, 2.45) is 0 Å². The zero-order chi connectivity index (χ0) is 17.8. The molecule has 1 saturated heterocycles. The number of thiophene rings is 1. The Balaban J connectivity index is 1.70. The van der Waals surface area contributed by atoms with E-state index in [0.29, 0.717) is 16.1 Å². The Labute approximate surface area is 152 Å². The van der Waals surface area contributed by atoms with Crippen LogP contribution in [0.1, 0.15) is 40.6 Å². The lowest BCUT2D eigenvalue weighted by molar-refractivity contribution is 0.102. The Hall–Kier alpha value is -2.36. The first-order valence-corrected chi connectivity index (χ1v) is 9.26. The van der Waals surface area contributed by atoms with Crippen LogP contribution in [0.2, 0.25) is 0 Å². The lowest BCUT2D eigenvalue weighted by Crippen LogP contribution is -2.41. The Morgan fingerprint density at radius 2 is 2.20 bits per heavy atom. The van der Waals surface area contributed by atoms with Crippen molar-refractivity contribution in [3.63, 3.8) is 0 Å². The molecule has 1 fully saturated rings. The Morgan fingerprint density at radius 1 is 1.44 bits per heavy atom. The van der Waals surface area contributed by atoms with E-state index in [4.69, 9.17) is 5.73 Å². The molecule has 0 spiro atoms. The molecule has 1 aromatic carbocycles. The summed E-state index contributed by atoms with van der Waals surface area (Å²) in [6.45, 7) is 4.39. The number of Topliss-reactive ketones (excluding diaryl/α,β-unsaturated/α-hetero) is 1. The SMILES string of the molecule is CC(=O)c1sc(NC2CCCN(Cc3ccccc3)C2)c(C#N)c1N. The predicted molar refractivity (Wildman–Crippen MR) is 102 cm³/mol. The normalized spacial score (nSPS) is 17.8. The van der Waals surface area contributed by atoms with Crippen molar-refractivity contribution in [2.75, 3.05) is 24.1 Å². The van der Waals surface area contributed by atoms with E-state index in [1.165, 1.54) is 23.8 Å². The van der Waals surface area contributed by atoms with Gasteiger partial charge in [0.1, 0.15) is 16.6 Å². The molecule has 0 radical (unpaired) electrons. The van der Waals surface area contributed by atoms with E-state index in [1.807, 2.05) is 6.07 Å². The number of benzene rings is 1. The highest BCUT2D eigenvalue weighted by molar-refractivity contribution is 7.19. The van der Waals surface area contributed by atoms with Gasteiger partial charge in [0, 0.05) is 26.1 Å². The molecule has 5 nitrogen and oxygen atoms in total. The van der Waals surface area contributed by atoms with Gasteiger partial charge in [-0.1, -0.05) is 30.3 Å². The van der Waals surface area contributed by atoms with Crippen LogP contribution in [-0.4, -0.2) is 29.8 Å². The second-order valence-electron chi connectivity index (χ2n) is 6.42. The van der Waals surface area contributed by atoms with Crippen molar-refractivity contribution < 1.29 is 4.79 Å². The van der Waals surface area contributed by atoms with Gasteiger partial charge in [-0.15, -0.1) is 11.3 Å². The van der Waals surface area contributed by atoms with Crippen LogP contribution in [0.15, 0.2) is 30.3 Å². The van der Waals surface area contributed by atoms with Crippen LogP contribution in [-0.2, 0) is 6.54 Å². The fourth-order valence-corrected chi connectivity index (χ4v) is 4.31. The van der Waals surface area contributed by atoms with Gasteiger partial charge >= 0.3 is 0 Å². The maximum atomic E-state index is 11.7. The average molecular weight is 354 g/mol. The number of nitriles is 1. The molecule has 1 aliphatic rings. The summed E-state index contributed by atoms with van der Waals surface area (Å²) in [6, 6.07) is 12.8. The van der Waals surface area contributed by atoms with Gasteiger partial charge in [-0.25, -0.2) is 0 Å². The summed E-state index contributed by atoms with van der Waals surface area (Å²) in [7, 11) is 0. The molecule has 0 aliphatic carbocycles. The second kappa shape index (κ2) is 7.68. The number of nitrogens with one attached hydrogen (secondary N) is 1. The molecule has 1 aromatic heterocycles. The summed E-state index contributed by atoms with van der Waals surface area (Å²) in [5, 5.41) is 13.6. The first kappa shape index (κ1) is 17.5. The van der Waals surface area contributed by atoms with E-state index in [1.54, 1.807) is 0 Å². The number of nitrogen functional groups attached to an aromatic ring is 1. The third-order valence-electron chi connectivity index (χ3n) is 4.47. The van der Waals surface area contributed by atoms with Crippen molar-refractivity contribution in [1.29, 1.82) is 5.26 Å². The van der Waals surface area contributed by atoms with Gasteiger partial charge < -0.3 is 11.1 Å². The minimum atomic E-state index is -0.0959. The molecule has 1 atom stereocenters. The molecular formula is C19H22N4OS. The number of hydrogen-bond acceptors (Lipinski definition) is 6. The molecule has 3 rings (SSSR count). The Morgan fingerprint density at radius 3 is 2.88 bits per heavy atom. The number of nitrogens with two attached hydrogens (primary N) is 1. The van der Waals surface area contributed by atoms with Gasteiger partial charge in [0.15, 0.2) is 5.78 Å². The molecule has 25 heavy (non-hydrogen) atoms. The molecule has 1 aliphatic heterocycles. The van der Waals surface area contributed by atoms with E-state index in [9.17, 15) is 10.1 Å². The van der Waals surface area contributed by atoms with Gasteiger partial charge in [0.2, 0.25) is 0 Å². The van der Waals surface area contributed by atoms with Crippen molar-refractivity contribution in [3.8, 4) is 6.07 Å². The topological polar surface area (TPSA) is 82.2 Å². The quantitative estimate of drug-likeness (QED) is 0.803. The zero-order valence-corrected chi connectivity index (χ0v) is 15.1. The van der Waals surface area contributed by atoms with Crippen LogP contribution in [0.5, 0.6) is 0 Å². The number of carbonyl (C=O) groups is 1. The smallest absolute Gasteiger partial charge is 0.171 e. The van der Waals surface area contributed by atoms with Crippen LogP contribution in [0.3, 0.4) is 0 Å². The molecule has 0 amide bonds. The summed E-state index contributed by atoms with van der Waals surface area (Å²) in [4.78, 5) is 14.6. The molecular weight excluding hydrogens is 332 g/mol. The third kappa shape index (κ3) is 4.01. The lowest BCUT2D eigenvalue weighted by Gasteiger charge is -2.33. The van der Waals surface area contributed by atoms with Crippen molar-refractivity contribution >= 4 is 27.8 Å². The molecule has 2 aromatic rings. The summed E-state index contributed by atoms with van der Waals surface area (Å²) in [5.41, 5.74) is 7.98. The summed E-state index contributed by atoms with van der Waals surface area (Å²) >= 11 is 1.29. The zero-order valence-electron chi connectivity index (χ0n) is 14.3. The molecule has 2 heterocycles. The number of anilines is 2. The predicted octanol–water partition coefficient (Wildman–Crippen LogP) is 3.48. The first-order chi connectivity index (χ1) is 12.1. The Kier molecular flexibility index (Phi) is 5.37. The summed E-state index contributed by atoms with van der Waals surface area (Å²) in [5.74, 6) is -0.0959. The summed E-state index contributed by atoms with van der Waals surface area (Å²) in [6.07, 6.45) is 2.15. The van der Waals surface area contributed by atoms with Crippen LogP contribution in [0, 0.1) is 11.3 Å². The van der Waals surface area contributed by atoms with Crippen molar-refractivity contribution in [2.45, 2.75) is 32.4 Å². The number of ketones is 1. The van der Waals surface area contributed by atoms with E-state index in [0.717, 1.165) is 37.5 Å². The number of carbonyl (C=O) groups excluding carboxylic acids is 1. The number of hydrogen-bond donors (Lipinski definition) is 2. The molecule has 3 N–H and O–H groups in total. The molecule has 0 saturated carbocycles. The molecule has 1 unspecified atom stereocenters. The highest BCUT2D eigenvalue weighted by atomic mass is 32.1. The lowest BCUT2D eigenvalue weighted by atomic mass is 10.0. The number of likely N-dealkylation sites (tertiary alicyclic amines) is 1. The first-order valence-electron chi connectivity index (χ1n) is 8.44. The van der Waals surface area contributed by atoms with E-state index in [-0.39, 0.29) is 11.8 Å². The number of piperidine rings is 1. The molecule has 130 valence electrons. The monoisotopic (exact) mass is 354 g/mol. The Bertz CT molecular complexity index is 794. The fraction of sp³-hybridized carbons (Fsp3) is 0.368. The van der Waals surface area contributed by atoms with Gasteiger partial charge in [-0.3, -0.25) is 9.69 Å². The minimum Gasteiger partial charge on any atom is -0.396 e. The standard InChI is InChI=1S/C19H22N4OS/c1-13(24)18-17(21)16(10-20)19(25-18)22-15-8-5-9-23(12-15)11-14-6-3-2-4-7-14/h2-4,6-7,15,22H,5,8-9,11-12,21H2,1H3. The fourth-order valence-electron chi connectivity index (χ4n) is 3.26. The second-order valence-corrected chi connectivity index (χ2v) is 7.44. The maximum absolute atomic E-state index is 11.7. The van der Waals surface area contributed by atoms with Gasteiger partial charge in [0.25, 0.3) is 0 Å². The van der Waals surface area contributed by atoms with Crippen molar-refractivity contribution in [1.82, 2.24) is 4.90 Å². The van der Waals surface area contributed by atoms with Crippen LogP contribution in [0.4, 0.5) is 10.7 Å². The summed E-state index contributed by atoms with van der Waals surface area (Å²) < 4.78 is 0. The largest absolute Gasteiger partial charge is 0.396 e. The van der Waals surface area contributed by atoms with Gasteiger partial charge in [-0.2, -0.15) is 5.26 Å². The third-order valence-corrected chi connectivity index (χ3v) is 5.70. The number of nitrogens with zero attached hydrogens (tertiary/aromatic N) is 2. The van der Waals surface area contributed by atoms with E-state index >= 15 is 0 Å². The minimum absolute atomic E-state index is 0.0959. The van der Waals surface area contributed by atoms with Gasteiger partial charge in [-0.05, 0) is 24.9 Å². The van der Waals surface area contributed by atoms with Gasteiger partial charge in [0.05, 0.1) is 10.6 Å². The number of rotatable bonds is 5. The van der Waals surface area contributed by atoms with E-state index < -0.39 is 0 Å². The highest BCUT2D eigenvalue weighted by Crippen LogP contribution is 2.36. The molecule has 6 heteroatoms. The van der Waals surface area contributed by atoms with Crippen LogP contribution < -0.4 is 11.1 Å². The molecule has 0 bridgehead atoms. The van der Waals surface area contributed by atoms with Crippen molar-refractivity contribution in [3.05, 3.63) is 46.3 Å².